The van der Waals surface area contributed by atoms with E-state index in [4.69, 9.17) is 9.47 Å². The third kappa shape index (κ3) is 2.94. The molecule has 0 amide bonds. The van der Waals surface area contributed by atoms with E-state index in [1.165, 1.54) is 0 Å². The van der Waals surface area contributed by atoms with Gasteiger partial charge in [0.2, 0.25) is 5.65 Å². The zero-order chi connectivity index (χ0) is 18.1. The van der Waals surface area contributed by atoms with Crippen LogP contribution in [0.3, 0.4) is 0 Å². The first-order valence-corrected chi connectivity index (χ1v) is 8.89. The molecular formula is C19H23N5O2. The summed E-state index contributed by atoms with van der Waals surface area (Å²) in [6, 6.07) is 7.81. The van der Waals surface area contributed by atoms with E-state index in [2.05, 4.69) is 27.1 Å². The molecule has 0 saturated carbocycles. The predicted octanol–water partition coefficient (Wildman–Crippen LogP) is 2.80. The molecule has 7 heteroatoms. The molecule has 3 heterocycles. The number of hydrogen-bond acceptors (Lipinski definition) is 6. The smallest absolute Gasteiger partial charge is 0.201 e. The van der Waals surface area contributed by atoms with Crippen molar-refractivity contribution >= 4 is 11.3 Å². The van der Waals surface area contributed by atoms with Crippen LogP contribution in [0.25, 0.3) is 5.65 Å². The summed E-state index contributed by atoms with van der Waals surface area (Å²) < 4.78 is 13.3. The number of aryl methyl sites for hydroxylation is 1. The van der Waals surface area contributed by atoms with Gasteiger partial charge in [-0.25, -0.2) is 0 Å². The maximum Gasteiger partial charge on any atom is 0.201 e. The van der Waals surface area contributed by atoms with Crippen LogP contribution in [0.5, 0.6) is 11.5 Å². The number of nitrogens with zero attached hydrogens (tertiary/aromatic N) is 5. The van der Waals surface area contributed by atoms with E-state index in [0.29, 0.717) is 0 Å². The minimum atomic E-state index is 0.180. The van der Waals surface area contributed by atoms with Crippen LogP contribution >= 0.6 is 0 Å². The van der Waals surface area contributed by atoms with Gasteiger partial charge in [-0.1, -0.05) is 12.1 Å². The molecule has 0 N–H and O–H groups in total. The fourth-order valence-electron chi connectivity index (χ4n) is 3.51. The van der Waals surface area contributed by atoms with Crippen LogP contribution in [-0.2, 0) is 0 Å². The van der Waals surface area contributed by atoms with E-state index in [0.717, 1.165) is 60.0 Å². The van der Waals surface area contributed by atoms with Crippen molar-refractivity contribution in [3.8, 4) is 11.5 Å². The van der Waals surface area contributed by atoms with Gasteiger partial charge in [-0.2, -0.15) is 9.61 Å². The van der Waals surface area contributed by atoms with E-state index in [1.54, 1.807) is 18.0 Å². The largest absolute Gasteiger partial charge is 0.493 e. The minimum absolute atomic E-state index is 0.180. The molecule has 0 bridgehead atoms. The Morgan fingerprint density at radius 1 is 1.08 bits per heavy atom. The Bertz CT molecular complexity index is 915. The van der Waals surface area contributed by atoms with E-state index in [9.17, 15) is 0 Å². The zero-order valence-electron chi connectivity index (χ0n) is 15.3. The fraction of sp³-hybridized carbons (Fsp3) is 0.421. The summed E-state index contributed by atoms with van der Waals surface area (Å²) in [5, 5.41) is 12.8. The molecule has 2 aromatic heterocycles. The summed E-state index contributed by atoms with van der Waals surface area (Å²) in [6.45, 7) is 5.94. The van der Waals surface area contributed by atoms with Crippen molar-refractivity contribution in [3.05, 3.63) is 41.9 Å². The van der Waals surface area contributed by atoms with Crippen LogP contribution in [0.2, 0.25) is 0 Å². The number of aromatic nitrogens is 4. The maximum absolute atomic E-state index is 6.19. The second-order valence-electron chi connectivity index (χ2n) is 6.61. The molecule has 1 aliphatic rings. The molecule has 4 rings (SSSR count). The lowest BCUT2D eigenvalue weighted by Crippen LogP contribution is -2.39. The highest BCUT2D eigenvalue weighted by Crippen LogP contribution is 2.32. The molecular weight excluding hydrogens is 330 g/mol. The molecule has 0 atom stereocenters. The van der Waals surface area contributed by atoms with Gasteiger partial charge in [0.25, 0.3) is 0 Å². The quantitative estimate of drug-likeness (QED) is 0.719. The summed E-state index contributed by atoms with van der Waals surface area (Å²) in [5.41, 5.74) is 4.11. The van der Waals surface area contributed by atoms with Crippen LogP contribution in [-0.4, -0.2) is 46.1 Å². The van der Waals surface area contributed by atoms with Crippen molar-refractivity contribution in [2.75, 3.05) is 25.1 Å². The molecule has 1 aliphatic heterocycles. The third-order valence-electron chi connectivity index (χ3n) is 5.02. The van der Waals surface area contributed by atoms with Gasteiger partial charge in [0, 0.05) is 25.9 Å². The topological polar surface area (TPSA) is 64.8 Å². The average Bonchev–Trinajstić information content (AvgIpc) is 3.12. The van der Waals surface area contributed by atoms with Gasteiger partial charge in [0.15, 0.2) is 11.5 Å². The Kier molecular flexibility index (Phi) is 4.36. The van der Waals surface area contributed by atoms with Crippen molar-refractivity contribution in [2.45, 2.75) is 32.8 Å². The molecule has 0 radical (unpaired) electrons. The average molecular weight is 353 g/mol. The summed E-state index contributed by atoms with van der Waals surface area (Å²) in [5.74, 6) is 1.59. The van der Waals surface area contributed by atoms with Crippen molar-refractivity contribution in [3.63, 3.8) is 0 Å². The maximum atomic E-state index is 6.19. The molecule has 26 heavy (non-hydrogen) atoms. The summed E-state index contributed by atoms with van der Waals surface area (Å²) in [7, 11) is 1.67. The molecule has 1 fully saturated rings. The lowest BCUT2D eigenvalue weighted by atomic mass is 10.1. The summed E-state index contributed by atoms with van der Waals surface area (Å²) in [4.78, 5) is 2.37. The molecule has 136 valence electrons. The molecule has 3 aromatic rings. The van der Waals surface area contributed by atoms with Gasteiger partial charge in [0.1, 0.15) is 12.4 Å². The van der Waals surface area contributed by atoms with Gasteiger partial charge in [0.05, 0.1) is 18.5 Å². The molecule has 0 spiro atoms. The van der Waals surface area contributed by atoms with Crippen LogP contribution in [0.15, 0.2) is 30.6 Å². The molecule has 0 unspecified atom stereocenters. The van der Waals surface area contributed by atoms with Gasteiger partial charge < -0.3 is 14.4 Å². The standard InChI is InChI=1S/C19H23N5O2/c1-13-14(2)22-24-12-20-21-19(24)18(13)23-10-8-15(9-11-23)26-17-7-5-4-6-16(17)25-3/h4-7,12,15H,8-11H2,1-3H3. The predicted molar refractivity (Wildman–Crippen MR) is 99.1 cm³/mol. The van der Waals surface area contributed by atoms with Crippen LogP contribution in [0, 0.1) is 13.8 Å². The van der Waals surface area contributed by atoms with Crippen molar-refractivity contribution in [1.82, 2.24) is 19.8 Å². The minimum Gasteiger partial charge on any atom is -0.493 e. The Labute approximate surface area is 152 Å². The first-order valence-electron chi connectivity index (χ1n) is 8.89. The van der Waals surface area contributed by atoms with E-state index >= 15 is 0 Å². The van der Waals surface area contributed by atoms with Crippen molar-refractivity contribution in [2.24, 2.45) is 0 Å². The van der Waals surface area contributed by atoms with E-state index < -0.39 is 0 Å². The Balaban J connectivity index is 1.51. The lowest BCUT2D eigenvalue weighted by Gasteiger charge is -2.34. The monoisotopic (exact) mass is 353 g/mol. The second-order valence-corrected chi connectivity index (χ2v) is 6.61. The van der Waals surface area contributed by atoms with Crippen molar-refractivity contribution in [1.29, 1.82) is 0 Å². The number of benzene rings is 1. The number of para-hydroxylation sites is 2. The van der Waals surface area contributed by atoms with Crippen LogP contribution < -0.4 is 14.4 Å². The molecule has 1 aromatic carbocycles. The highest BCUT2D eigenvalue weighted by Gasteiger charge is 2.25. The summed E-state index contributed by atoms with van der Waals surface area (Å²) in [6.07, 6.45) is 3.72. The van der Waals surface area contributed by atoms with E-state index in [-0.39, 0.29) is 6.10 Å². The molecule has 0 aliphatic carbocycles. The molecule has 7 nitrogen and oxygen atoms in total. The molecule has 1 saturated heterocycles. The highest BCUT2D eigenvalue weighted by atomic mass is 16.5. The van der Waals surface area contributed by atoms with Gasteiger partial charge in [-0.3, -0.25) is 0 Å². The Morgan fingerprint density at radius 3 is 2.54 bits per heavy atom. The van der Waals surface area contributed by atoms with E-state index in [1.807, 2.05) is 31.2 Å². The van der Waals surface area contributed by atoms with Gasteiger partial charge >= 0.3 is 0 Å². The van der Waals surface area contributed by atoms with Crippen LogP contribution in [0.4, 0.5) is 5.69 Å². The first-order chi connectivity index (χ1) is 12.7. The normalized spacial score (nSPS) is 15.4. The number of piperidine rings is 1. The lowest BCUT2D eigenvalue weighted by molar-refractivity contribution is 0.164. The highest BCUT2D eigenvalue weighted by molar-refractivity contribution is 5.72. The fourth-order valence-corrected chi connectivity index (χ4v) is 3.51. The Hall–Kier alpha value is -2.83. The van der Waals surface area contributed by atoms with Gasteiger partial charge in [-0.15, -0.1) is 10.2 Å². The third-order valence-corrected chi connectivity index (χ3v) is 5.02. The number of methoxy groups -OCH3 is 1. The number of anilines is 1. The number of fused-ring (bicyclic) bond motifs is 1. The van der Waals surface area contributed by atoms with Gasteiger partial charge in [-0.05, 0) is 31.5 Å². The number of hydrogen-bond donors (Lipinski definition) is 0. The number of rotatable bonds is 4. The first kappa shape index (κ1) is 16.6. The summed E-state index contributed by atoms with van der Waals surface area (Å²) >= 11 is 0. The SMILES string of the molecule is COc1ccccc1OC1CCN(c2c(C)c(C)nn3cnnc23)CC1. The van der Waals surface area contributed by atoms with Crippen LogP contribution in [0.1, 0.15) is 24.1 Å². The number of ether oxygens (including phenoxy) is 2. The second kappa shape index (κ2) is 6.82. The zero-order valence-corrected chi connectivity index (χ0v) is 15.3. The Morgan fingerprint density at radius 2 is 1.81 bits per heavy atom. The van der Waals surface area contributed by atoms with Crippen molar-refractivity contribution < 1.29 is 9.47 Å².